The van der Waals surface area contributed by atoms with Crippen molar-refractivity contribution in [3.05, 3.63) is 52.0 Å². The van der Waals surface area contributed by atoms with Crippen LogP contribution in [0.5, 0.6) is 0 Å². The molecule has 5 nitrogen and oxygen atoms in total. The van der Waals surface area contributed by atoms with Gasteiger partial charge in [-0.3, -0.25) is 0 Å². The second-order valence-corrected chi connectivity index (χ2v) is 9.14. The number of hydrogen-bond donors (Lipinski definition) is 0. The summed E-state index contributed by atoms with van der Waals surface area (Å²) in [6, 6.07) is 6.85. The number of nitrogens with zero attached hydrogens (tertiary/aromatic N) is 4. The van der Waals surface area contributed by atoms with E-state index in [1.54, 1.807) is 7.11 Å². The van der Waals surface area contributed by atoms with E-state index >= 15 is 0 Å². The Balaban J connectivity index is 2.02. The molecule has 3 aromatic heterocycles. The molecule has 1 aromatic carbocycles. The molecular formula is C27H36N4O. The maximum atomic E-state index is 5.35. The summed E-state index contributed by atoms with van der Waals surface area (Å²) in [4.78, 5) is 5.10. The molecular weight excluding hydrogens is 396 g/mol. The molecule has 0 aliphatic carbocycles. The second-order valence-electron chi connectivity index (χ2n) is 9.14. The minimum absolute atomic E-state index is 0.755. The van der Waals surface area contributed by atoms with Crippen LogP contribution in [0.4, 0.5) is 0 Å². The van der Waals surface area contributed by atoms with Gasteiger partial charge in [-0.1, -0.05) is 31.0 Å². The SMILES string of the molecule is CCCCc1cc2c(C)nc3c(-c4c(C)cc(C)cc4C)c(C)nn3c2n1CCCOC. The molecule has 0 bridgehead atoms. The van der Waals surface area contributed by atoms with Crippen LogP contribution < -0.4 is 0 Å². The van der Waals surface area contributed by atoms with Crippen molar-refractivity contribution < 1.29 is 4.74 Å². The van der Waals surface area contributed by atoms with Crippen LogP contribution in [0.1, 0.15) is 60.0 Å². The molecule has 4 aromatic rings. The van der Waals surface area contributed by atoms with Crippen molar-refractivity contribution in [3.63, 3.8) is 0 Å². The highest BCUT2D eigenvalue weighted by atomic mass is 16.5. The van der Waals surface area contributed by atoms with Crippen LogP contribution in [0.3, 0.4) is 0 Å². The fourth-order valence-electron chi connectivity index (χ4n) is 5.12. The molecule has 0 amide bonds. The van der Waals surface area contributed by atoms with Crippen molar-refractivity contribution in [2.45, 2.75) is 73.8 Å². The van der Waals surface area contributed by atoms with Gasteiger partial charge in [-0.15, -0.1) is 0 Å². The third kappa shape index (κ3) is 3.83. The van der Waals surface area contributed by atoms with Crippen molar-refractivity contribution in [2.75, 3.05) is 13.7 Å². The lowest BCUT2D eigenvalue weighted by atomic mass is 9.94. The number of rotatable bonds is 8. The zero-order chi connectivity index (χ0) is 23.0. The van der Waals surface area contributed by atoms with Gasteiger partial charge < -0.3 is 9.30 Å². The quantitative estimate of drug-likeness (QED) is 0.308. The van der Waals surface area contributed by atoms with Crippen LogP contribution in [0.15, 0.2) is 18.2 Å². The smallest absolute Gasteiger partial charge is 0.165 e. The highest BCUT2D eigenvalue weighted by molar-refractivity contribution is 5.90. The van der Waals surface area contributed by atoms with Crippen molar-refractivity contribution in [1.29, 1.82) is 0 Å². The number of benzene rings is 1. The third-order valence-corrected chi connectivity index (χ3v) is 6.50. The molecule has 4 rings (SSSR count). The van der Waals surface area contributed by atoms with E-state index in [9.17, 15) is 0 Å². The van der Waals surface area contributed by atoms with Crippen LogP contribution in [0, 0.1) is 34.6 Å². The van der Waals surface area contributed by atoms with Crippen molar-refractivity contribution in [1.82, 2.24) is 19.2 Å². The van der Waals surface area contributed by atoms with E-state index in [0.717, 1.165) is 54.2 Å². The molecule has 5 heteroatoms. The molecule has 0 N–H and O–H groups in total. The predicted octanol–water partition coefficient (Wildman–Crippen LogP) is 6.27. The first-order valence-electron chi connectivity index (χ1n) is 11.8. The van der Waals surface area contributed by atoms with Gasteiger partial charge in [0.15, 0.2) is 5.65 Å². The number of fused-ring (bicyclic) bond motifs is 3. The maximum Gasteiger partial charge on any atom is 0.165 e. The Labute approximate surface area is 191 Å². The van der Waals surface area contributed by atoms with Crippen LogP contribution in [-0.4, -0.2) is 32.9 Å². The number of methoxy groups -OCH3 is 1. The largest absolute Gasteiger partial charge is 0.385 e. The highest BCUT2D eigenvalue weighted by Gasteiger charge is 2.22. The first kappa shape index (κ1) is 22.5. The van der Waals surface area contributed by atoms with E-state index in [-0.39, 0.29) is 0 Å². The topological polar surface area (TPSA) is 44.4 Å². The molecule has 0 saturated carbocycles. The summed E-state index contributed by atoms with van der Waals surface area (Å²) in [5.41, 5.74) is 11.8. The maximum absolute atomic E-state index is 5.35. The van der Waals surface area contributed by atoms with Gasteiger partial charge in [0.25, 0.3) is 0 Å². The average molecular weight is 433 g/mol. The third-order valence-electron chi connectivity index (χ3n) is 6.50. The van der Waals surface area contributed by atoms with Gasteiger partial charge in [-0.05, 0) is 76.6 Å². The normalized spacial score (nSPS) is 11.8. The minimum Gasteiger partial charge on any atom is -0.385 e. The summed E-state index contributed by atoms with van der Waals surface area (Å²) in [5, 5.41) is 6.25. The van der Waals surface area contributed by atoms with E-state index < -0.39 is 0 Å². The minimum atomic E-state index is 0.755. The first-order valence-corrected chi connectivity index (χ1v) is 11.8. The summed E-state index contributed by atoms with van der Waals surface area (Å²) >= 11 is 0. The first-order chi connectivity index (χ1) is 15.4. The molecule has 0 aliphatic rings. The van der Waals surface area contributed by atoms with E-state index in [2.05, 4.69) is 68.8 Å². The molecule has 170 valence electrons. The lowest BCUT2D eigenvalue weighted by molar-refractivity contribution is 0.190. The monoisotopic (exact) mass is 432 g/mol. The lowest BCUT2D eigenvalue weighted by Gasteiger charge is -2.13. The van der Waals surface area contributed by atoms with Crippen molar-refractivity contribution in [3.8, 4) is 11.1 Å². The summed E-state index contributed by atoms with van der Waals surface area (Å²) in [6.45, 7) is 14.7. The van der Waals surface area contributed by atoms with Crippen molar-refractivity contribution in [2.24, 2.45) is 0 Å². The van der Waals surface area contributed by atoms with Gasteiger partial charge in [-0.2, -0.15) is 9.61 Å². The Morgan fingerprint density at radius 2 is 1.62 bits per heavy atom. The van der Waals surface area contributed by atoms with Gasteiger partial charge in [0.1, 0.15) is 5.65 Å². The zero-order valence-electron chi connectivity index (χ0n) is 20.7. The Bertz CT molecular complexity index is 1260. The molecule has 0 saturated heterocycles. The van der Waals surface area contributed by atoms with Gasteiger partial charge >= 0.3 is 0 Å². The standard InChI is InChI=1S/C27H36N4O/c1-8-9-11-22-16-23-20(5)28-26-25(24-18(3)14-17(2)15-19(24)4)21(6)29-31(26)27(23)30(22)12-10-13-32-7/h14-16H,8-13H2,1-7H3. The van der Waals surface area contributed by atoms with Gasteiger partial charge in [-0.25, -0.2) is 4.98 Å². The Morgan fingerprint density at radius 1 is 0.906 bits per heavy atom. The molecule has 0 fully saturated rings. The molecule has 32 heavy (non-hydrogen) atoms. The van der Waals surface area contributed by atoms with E-state index in [1.165, 1.54) is 46.2 Å². The zero-order valence-corrected chi connectivity index (χ0v) is 20.7. The lowest BCUT2D eigenvalue weighted by Crippen LogP contribution is -2.09. The molecule has 0 radical (unpaired) electrons. The summed E-state index contributed by atoms with van der Waals surface area (Å²) in [7, 11) is 1.77. The van der Waals surface area contributed by atoms with E-state index in [4.69, 9.17) is 14.8 Å². The van der Waals surface area contributed by atoms with Crippen LogP contribution in [0.2, 0.25) is 0 Å². The van der Waals surface area contributed by atoms with E-state index in [1.807, 2.05) is 0 Å². The summed E-state index contributed by atoms with van der Waals surface area (Å²) < 4.78 is 9.90. The number of aryl methyl sites for hydroxylation is 7. The second kappa shape index (κ2) is 9.07. The molecule has 3 heterocycles. The average Bonchev–Trinajstić information content (AvgIpc) is 3.25. The fraction of sp³-hybridized carbons (Fsp3) is 0.481. The number of hydrogen-bond acceptors (Lipinski definition) is 3. The summed E-state index contributed by atoms with van der Waals surface area (Å²) in [5.74, 6) is 0. The van der Waals surface area contributed by atoms with E-state index in [0.29, 0.717) is 0 Å². The Hall–Kier alpha value is -2.66. The number of unbranched alkanes of at least 4 members (excludes halogenated alkanes) is 1. The van der Waals surface area contributed by atoms with Gasteiger partial charge in [0, 0.05) is 31.3 Å². The number of ether oxygens (including phenoxy) is 1. The van der Waals surface area contributed by atoms with Crippen LogP contribution in [0.25, 0.3) is 27.8 Å². The molecule has 0 atom stereocenters. The van der Waals surface area contributed by atoms with Crippen LogP contribution >= 0.6 is 0 Å². The summed E-state index contributed by atoms with van der Waals surface area (Å²) in [6.07, 6.45) is 4.42. The van der Waals surface area contributed by atoms with Crippen LogP contribution in [-0.2, 0) is 17.7 Å². The number of aromatic nitrogens is 4. The molecule has 0 spiro atoms. The Kier molecular flexibility index (Phi) is 6.38. The molecule has 0 aliphatic heterocycles. The molecule has 0 unspecified atom stereocenters. The highest BCUT2D eigenvalue weighted by Crippen LogP contribution is 2.36. The predicted molar refractivity (Wildman–Crippen MR) is 133 cm³/mol. The van der Waals surface area contributed by atoms with Gasteiger partial charge in [0.2, 0.25) is 0 Å². The fourth-order valence-corrected chi connectivity index (χ4v) is 5.12. The van der Waals surface area contributed by atoms with Gasteiger partial charge in [0.05, 0.1) is 17.0 Å². The Morgan fingerprint density at radius 3 is 2.28 bits per heavy atom. The van der Waals surface area contributed by atoms with Crippen molar-refractivity contribution >= 4 is 16.7 Å².